The maximum absolute atomic E-state index is 12.3. The fourth-order valence-corrected chi connectivity index (χ4v) is 2.36. The van der Waals surface area contributed by atoms with Crippen LogP contribution in [-0.2, 0) is 11.3 Å². The van der Waals surface area contributed by atoms with Crippen molar-refractivity contribution < 1.29 is 9.53 Å². The van der Waals surface area contributed by atoms with Gasteiger partial charge in [0.25, 0.3) is 5.91 Å². The Labute approximate surface area is 117 Å². The Kier molecular flexibility index (Phi) is 3.06. The molecule has 0 bridgehead atoms. The Morgan fingerprint density at radius 2 is 1.95 bits per heavy atom. The third kappa shape index (κ3) is 2.20. The molecular formula is C16H16N2O2. The number of hydrogen-bond donors (Lipinski definition) is 1. The number of nitrogens with zero attached hydrogens (tertiary/aromatic N) is 1. The van der Waals surface area contributed by atoms with Crippen LogP contribution in [0.2, 0.25) is 0 Å². The average Bonchev–Trinajstić information content (AvgIpc) is 2.45. The Morgan fingerprint density at radius 3 is 2.70 bits per heavy atom. The fraction of sp³-hybridized carbons (Fsp3) is 0.188. The van der Waals surface area contributed by atoms with E-state index in [0.29, 0.717) is 18.0 Å². The van der Waals surface area contributed by atoms with Crippen molar-refractivity contribution in [2.45, 2.75) is 19.6 Å². The number of nitrogens with two attached hydrogens (primary N) is 1. The van der Waals surface area contributed by atoms with Gasteiger partial charge in [0.05, 0.1) is 12.2 Å². The third-order valence-corrected chi connectivity index (χ3v) is 3.38. The first-order valence-electron chi connectivity index (χ1n) is 6.56. The lowest BCUT2D eigenvalue weighted by Gasteiger charge is -2.33. The van der Waals surface area contributed by atoms with Crippen LogP contribution in [0.5, 0.6) is 5.75 Å². The molecule has 0 spiro atoms. The van der Waals surface area contributed by atoms with Crippen molar-refractivity contribution in [1.29, 1.82) is 0 Å². The van der Waals surface area contributed by atoms with Crippen molar-refractivity contribution in [1.82, 2.24) is 0 Å². The van der Waals surface area contributed by atoms with Crippen molar-refractivity contribution in [3.05, 3.63) is 54.1 Å². The van der Waals surface area contributed by atoms with Gasteiger partial charge >= 0.3 is 0 Å². The van der Waals surface area contributed by atoms with Crippen molar-refractivity contribution >= 4 is 17.3 Å². The lowest BCUT2D eigenvalue weighted by molar-refractivity contribution is -0.125. The molecule has 0 radical (unpaired) electrons. The molecule has 2 aromatic carbocycles. The summed E-state index contributed by atoms with van der Waals surface area (Å²) in [7, 11) is 0. The zero-order chi connectivity index (χ0) is 14.1. The molecule has 1 aliphatic heterocycles. The molecule has 0 aliphatic carbocycles. The number of carbonyl (C=O) groups excluding carboxylic acids is 1. The van der Waals surface area contributed by atoms with E-state index < -0.39 is 6.10 Å². The summed E-state index contributed by atoms with van der Waals surface area (Å²) in [5, 5.41) is 0. The molecule has 0 unspecified atom stereocenters. The van der Waals surface area contributed by atoms with E-state index in [1.54, 1.807) is 24.0 Å². The molecule has 4 nitrogen and oxygen atoms in total. The van der Waals surface area contributed by atoms with Gasteiger partial charge in [-0.2, -0.15) is 0 Å². The highest BCUT2D eigenvalue weighted by Crippen LogP contribution is 2.36. The number of amides is 1. The van der Waals surface area contributed by atoms with Gasteiger partial charge < -0.3 is 15.4 Å². The van der Waals surface area contributed by atoms with Crippen LogP contribution >= 0.6 is 0 Å². The average molecular weight is 268 g/mol. The zero-order valence-corrected chi connectivity index (χ0v) is 11.2. The van der Waals surface area contributed by atoms with E-state index in [0.717, 1.165) is 11.3 Å². The van der Waals surface area contributed by atoms with E-state index in [1.165, 1.54) is 0 Å². The Balaban J connectivity index is 1.99. The molecule has 2 aromatic rings. The van der Waals surface area contributed by atoms with Crippen LogP contribution in [0.15, 0.2) is 48.5 Å². The Bertz CT molecular complexity index is 640. The van der Waals surface area contributed by atoms with E-state index in [4.69, 9.17) is 10.5 Å². The quantitative estimate of drug-likeness (QED) is 0.852. The molecule has 1 heterocycles. The van der Waals surface area contributed by atoms with Gasteiger partial charge in [-0.1, -0.05) is 30.3 Å². The largest absolute Gasteiger partial charge is 0.479 e. The molecule has 0 saturated carbocycles. The van der Waals surface area contributed by atoms with E-state index >= 15 is 0 Å². The van der Waals surface area contributed by atoms with Gasteiger partial charge in [-0.25, -0.2) is 0 Å². The molecule has 0 aromatic heterocycles. The molecule has 1 amide bonds. The summed E-state index contributed by atoms with van der Waals surface area (Å²) in [6.07, 6.45) is -0.493. The summed E-state index contributed by atoms with van der Waals surface area (Å²) in [5.41, 5.74) is 8.26. The third-order valence-electron chi connectivity index (χ3n) is 3.38. The van der Waals surface area contributed by atoms with Crippen LogP contribution in [0, 0.1) is 0 Å². The van der Waals surface area contributed by atoms with Gasteiger partial charge in [0, 0.05) is 11.8 Å². The van der Waals surface area contributed by atoms with Gasteiger partial charge in [-0.3, -0.25) is 4.79 Å². The minimum Gasteiger partial charge on any atom is -0.479 e. The molecule has 1 atom stereocenters. The smallest absolute Gasteiger partial charge is 0.268 e. The van der Waals surface area contributed by atoms with Crippen LogP contribution < -0.4 is 15.4 Å². The normalized spacial score (nSPS) is 17.6. The van der Waals surface area contributed by atoms with Crippen molar-refractivity contribution in [2.75, 3.05) is 10.6 Å². The first-order chi connectivity index (χ1) is 9.65. The predicted molar refractivity (Wildman–Crippen MR) is 78.6 cm³/mol. The molecule has 2 N–H and O–H groups in total. The van der Waals surface area contributed by atoms with Crippen LogP contribution in [0.25, 0.3) is 0 Å². The monoisotopic (exact) mass is 268 g/mol. The number of carbonyl (C=O) groups is 1. The van der Waals surface area contributed by atoms with Crippen LogP contribution in [-0.4, -0.2) is 12.0 Å². The molecule has 20 heavy (non-hydrogen) atoms. The van der Waals surface area contributed by atoms with E-state index in [-0.39, 0.29) is 5.91 Å². The summed E-state index contributed by atoms with van der Waals surface area (Å²) in [4.78, 5) is 14.1. The highest BCUT2D eigenvalue weighted by atomic mass is 16.5. The van der Waals surface area contributed by atoms with E-state index in [2.05, 4.69) is 0 Å². The highest BCUT2D eigenvalue weighted by Gasteiger charge is 2.31. The minimum absolute atomic E-state index is 0.0360. The van der Waals surface area contributed by atoms with Gasteiger partial charge in [0.1, 0.15) is 5.75 Å². The van der Waals surface area contributed by atoms with Crippen LogP contribution in [0.1, 0.15) is 12.5 Å². The highest BCUT2D eigenvalue weighted by molar-refractivity contribution is 6.00. The topological polar surface area (TPSA) is 55.6 Å². The maximum atomic E-state index is 12.3. The molecule has 1 aliphatic rings. The first kappa shape index (κ1) is 12.5. The summed E-state index contributed by atoms with van der Waals surface area (Å²) < 4.78 is 5.62. The second kappa shape index (κ2) is 4.89. The summed E-state index contributed by atoms with van der Waals surface area (Å²) in [5.74, 6) is 0.624. The van der Waals surface area contributed by atoms with E-state index in [9.17, 15) is 4.79 Å². The number of ether oxygens (including phenoxy) is 1. The molecule has 3 rings (SSSR count). The van der Waals surface area contributed by atoms with Crippen LogP contribution in [0.4, 0.5) is 11.4 Å². The van der Waals surface area contributed by atoms with Crippen LogP contribution in [0.3, 0.4) is 0 Å². The van der Waals surface area contributed by atoms with Gasteiger partial charge in [-0.15, -0.1) is 0 Å². The second-order valence-corrected chi connectivity index (χ2v) is 4.90. The lowest BCUT2D eigenvalue weighted by Crippen LogP contribution is -2.44. The second-order valence-electron chi connectivity index (χ2n) is 4.90. The number of hydrogen-bond acceptors (Lipinski definition) is 3. The van der Waals surface area contributed by atoms with Gasteiger partial charge in [0.15, 0.2) is 6.10 Å². The fourth-order valence-electron chi connectivity index (χ4n) is 2.36. The van der Waals surface area contributed by atoms with Crippen molar-refractivity contribution in [3.63, 3.8) is 0 Å². The molecule has 0 fully saturated rings. The molecule has 0 saturated heterocycles. The summed E-state index contributed by atoms with van der Waals surface area (Å²) in [6, 6.07) is 15.3. The molecule has 4 heteroatoms. The minimum atomic E-state index is -0.493. The zero-order valence-electron chi connectivity index (χ0n) is 11.2. The number of benzene rings is 2. The van der Waals surface area contributed by atoms with Gasteiger partial charge in [0.2, 0.25) is 0 Å². The van der Waals surface area contributed by atoms with Crippen molar-refractivity contribution in [2.24, 2.45) is 0 Å². The predicted octanol–water partition coefficient (Wildman–Crippen LogP) is 2.58. The SMILES string of the molecule is C[C@H]1Oc2cc(N)ccc2N(Cc2ccccc2)C1=O. The standard InChI is InChI=1S/C16H16N2O2/c1-11-16(19)18(10-12-5-3-2-4-6-12)14-8-7-13(17)9-15(14)20-11/h2-9,11H,10,17H2,1H3/t11-/m1/s1. The van der Waals surface area contributed by atoms with Gasteiger partial charge in [-0.05, 0) is 24.6 Å². The Hall–Kier alpha value is -2.49. The number of fused-ring (bicyclic) bond motifs is 1. The number of rotatable bonds is 2. The van der Waals surface area contributed by atoms with E-state index in [1.807, 2.05) is 36.4 Å². The first-order valence-corrected chi connectivity index (χ1v) is 6.56. The summed E-state index contributed by atoms with van der Waals surface area (Å²) in [6.45, 7) is 2.29. The number of anilines is 2. The molecule has 102 valence electrons. The van der Waals surface area contributed by atoms with Crippen molar-refractivity contribution in [3.8, 4) is 5.75 Å². The molecular weight excluding hydrogens is 252 g/mol. The maximum Gasteiger partial charge on any atom is 0.268 e. The number of nitrogen functional groups attached to an aromatic ring is 1. The summed E-state index contributed by atoms with van der Waals surface area (Å²) >= 11 is 0. The Morgan fingerprint density at radius 1 is 1.20 bits per heavy atom. The lowest BCUT2D eigenvalue weighted by atomic mass is 10.1.